The first kappa shape index (κ1) is 15.7. The molecule has 21 heavy (non-hydrogen) atoms. The van der Waals surface area contributed by atoms with Crippen LogP contribution in [0.1, 0.15) is 5.56 Å². The molecule has 0 fully saturated rings. The number of halogens is 3. The van der Waals surface area contributed by atoms with Crippen LogP contribution in [-0.2, 0) is 6.54 Å². The fourth-order valence-corrected chi connectivity index (χ4v) is 3.03. The Morgan fingerprint density at radius 1 is 1.29 bits per heavy atom. The van der Waals surface area contributed by atoms with Crippen LogP contribution in [-0.4, -0.2) is 10.0 Å². The molecule has 0 aliphatic carbocycles. The summed E-state index contributed by atoms with van der Waals surface area (Å²) in [6.45, 7) is 0.166. The van der Waals surface area contributed by atoms with Crippen LogP contribution in [0.15, 0.2) is 39.3 Å². The van der Waals surface area contributed by atoms with Crippen LogP contribution in [0.4, 0.5) is 15.8 Å². The molecular weight excluding hydrogens is 411 g/mol. The van der Waals surface area contributed by atoms with E-state index in [1.54, 1.807) is 12.1 Å². The fourth-order valence-electron chi connectivity index (χ4n) is 1.75. The van der Waals surface area contributed by atoms with Gasteiger partial charge in [0, 0.05) is 12.6 Å². The highest BCUT2D eigenvalue weighted by Crippen LogP contribution is 2.34. The van der Waals surface area contributed by atoms with Crippen molar-refractivity contribution >= 4 is 43.2 Å². The number of nitro benzene ring substituents is 1. The smallest absolute Gasteiger partial charge is 0.295 e. The van der Waals surface area contributed by atoms with E-state index in [-0.39, 0.29) is 23.7 Å². The van der Waals surface area contributed by atoms with E-state index in [0.29, 0.717) is 14.5 Å². The number of para-hydroxylation sites is 1. The second-order valence-electron chi connectivity index (χ2n) is 4.15. The highest BCUT2D eigenvalue weighted by atomic mass is 79.9. The van der Waals surface area contributed by atoms with Gasteiger partial charge in [-0.2, -0.15) is 0 Å². The van der Waals surface area contributed by atoms with E-state index in [0.717, 1.165) is 6.07 Å². The third kappa shape index (κ3) is 3.51. The zero-order valence-corrected chi connectivity index (χ0v) is 13.6. The Bertz CT molecular complexity index is 687. The van der Waals surface area contributed by atoms with Crippen molar-refractivity contribution in [3.63, 3.8) is 0 Å². The number of nitro groups is 1. The lowest BCUT2D eigenvalue weighted by molar-refractivity contribution is -0.384. The van der Waals surface area contributed by atoms with Crippen molar-refractivity contribution in [3.05, 3.63) is 60.8 Å². The molecule has 0 aromatic heterocycles. The van der Waals surface area contributed by atoms with Crippen LogP contribution in [0, 0.1) is 15.9 Å². The molecule has 2 aromatic carbocycles. The molecule has 2 rings (SSSR count). The summed E-state index contributed by atoms with van der Waals surface area (Å²) in [7, 11) is 0. The lowest BCUT2D eigenvalue weighted by Crippen LogP contribution is -2.05. The van der Waals surface area contributed by atoms with Gasteiger partial charge in [0.25, 0.3) is 5.69 Å². The molecule has 5 nitrogen and oxygen atoms in total. The molecule has 110 valence electrons. The Kier molecular flexibility index (Phi) is 4.79. The number of aromatic hydroxyl groups is 1. The van der Waals surface area contributed by atoms with E-state index in [1.807, 2.05) is 0 Å². The van der Waals surface area contributed by atoms with Crippen molar-refractivity contribution in [3.8, 4) is 5.75 Å². The first-order chi connectivity index (χ1) is 9.90. The highest BCUT2D eigenvalue weighted by molar-refractivity contribution is 9.11. The predicted octanol–water partition coefficient (Wildman–Crippen LogP) is 4.58. The molecule has 0 aliphatic heterocycles. The van der Waals surface area contributed by atoms with Gasteiger partial charge in [0.2, 0.25) is 0 Å². The number of phenols is 1. The number of nitrogens with zero attached hydrogens (tertiary/aromatic N) is 1. The van der Waals surface area contributed by atoms with Crippen LogP contribution < -0.4 is 5.32 Å². The fraction of sp³-hybridized carbons (Fsp3) is 0.0769. The summed E-state index contributed by atoms with van der Waals surface area (Å²) < 4.78 is 14.6. The molecule has 0 atom stereocenters. The summed E-state index contributed by atoms with van der Waals surface area (Å²) in [5, 5.41) is 23.2. The maximum atomic E-state index is 13.7. The third-order valence-electron chi connectivity index (χ3n) is 2.73. The van der Waals surface area contributed by atoms with E-state index in [1.165, 1.54) is 12.1 Å². The summed E-state index contributed by atoms with van der Waals surface area (Å²) in [5.41, 5.74) is 0.221. The molecule has 2 N–H and O–H groups in total. The van der Waals surface area contributed by atoms with Crippen molar-refractivity contribution in [2.45, 2.75) is 6.54 Å². The molecule has 0 aliphatic rings. The Balaban J connectivity index is 2.27. The number of hydrogen-bond donors (Lipinski definition) is 2. The zero-order valence-electron chi connectivity index (χ0n) is 10.4. The summed E-state index contributed by atoms with van der Waals surface area (Å²) in [6.07, 6.45) is 0. The minimum Gasteiger partial charge on any atom is -0.506 e. The van der Waals surface area contributed by atoms with Gasteiger partial charge in [-0.1, -0.05) is 6.07 Å². The van der Waals surface area contributed by atoms with E-state index in [4.69, 9.17) is 0 Å². The lowest BCUT2D eigenvalue weighted by Gasteiger charge is -2.10. The molecule has 8 heteroatoms. The van der Waals surface area contributed by atoms with Gasteiger partial charge in [-0.05, 0) is 55.6 Å². The Hall–Kier alpha value is -1.67. The van der Waals surface area contributed by atoms with Gasteiger partial charge >= 0.3 is 0 Å². The molecule has 0 spiro atoms. The summed E-state index contributed by atoms with van der Waals surface area (Å²) in [5.74, 6) is -0.642. The van der Waals surface area contributed by atoms with Crippen LogP contribution in [0.5, 0.6) is 5.75 Å². The number of phenolic OH excluding ortho intramolecular Hbond substituents is 1. The van der Waals surface area contributed by atoms with E-state index >= 15 is 0 Å². The average molecular weight is 420 g/mol. The van der Waals surface area contributed by atoms with Crippen molar-refractivity contribution in [2.75, 3.05) is 5.32 Å². The van der Waals surface area contributed by atoms with Gasteiger partial charge in [0.05, 0.1) is 13.9 Å². The van der Waals surface area contributed by atoms with Crippen LogP contribution in [0.3, 0.4) is 0 Å². The van der Waals surface area contributed by atoms with E-state index in [2.05, 4.69) is 37.2 Å². The number of anilines is 1. The lowest BCUT2D eigenvalue weighted by atomic mass is 10.2. The predicted molar refractivity (Wildman–Crippen MR) is 83.9 cm³/mol. The second kappa shape index (κ2) is 6.40. The number of rotatable bonds is 4. The Morgan fingerprint density at radius 2 is 1.90 bits per heavy atom. The molecular formula is C13H9Br2FN2O3. The van der Waals surface area contributed by atoms with Gasteiger partial charge in [-0.25, -0.2) is 4.39 Å². The minimum absolute atomic E-state index is 0.0515. The van der Waals surface area contributed by atoms with Crippen LogP contribution in [0.2, 0.25) is 0 Å². The van der Waals surface area contributed by atoms with Gasteiger partial charge in [0.1, 0.15) is 11.4 Å². The molecule has 2 aromatic rings. The third-order valence-corrected chi connectivity index (χ3v) is 3.94. The zero-order chi connectivity index (χ0) is 15.6. The first-order valence-electron chi connectivity index (χ1n) is 5.74. The van der Waals surface area contributed by atoms with E-state index in [9.17, 15) is 19.6 Å². The minimum atomic E-state index is -0.693. The number of nitrogens with one attached hydrogen (secondary N) is 1. The Morgan fingerprint density at radius 3 is 2.48 bits per heavy atom. The van der Waals surface area contributed by atoms with Crippen molar-refractivity contribution < 1.29 is 14.4 Å². The normalized spacial score (nSPS) is 10.4. The van der Waals surface area contributed by atoms with Gasteiger partial charge in [-0.3, -0.25) is 10.1 Å². The summed E-state index contributed by atoms with van der Waals surface area (Å²) in [4.78, 5) is 10.2. The molecule has 0 radical (unpaired) electrons. The first-order valence-corrected chi connectivity index (χ1v) is 7.32. The Labute approximate surface area is 136 Å². The standard InChI is InChI=1S/C13H9Br2FN2O3/c14-8-4-7(5-9(15)13(8)19)6-17-12-10(16)2-1-3-11(12)18(20)21/h1-5,17,19H,6H2. The molecule has 0 unspecified atom stereocenters. The highest BCUT2D eigenvalue weighted by Gasteiger charge is 2.17. The summed E-state index contributed by atoms with van der Waals surface area (Å²) >= 11 is 6.37. The largest absolute Gasteiger partial charge is 0.506 e. The molecule has 0 saturated heterocycles. The maximum absolute atomic E-state index is 13.7. The summed E-state index contributed by atoms with van der Waals surface area (Å²) in [6, 6.07) is 6.94. The molecule has 0 bridgehead atoms. The van der Waals surface area contributed by atoms with Crippen molar-refractivity contribution in [2.24, 2.45) is 0 Å². The van der Waals surface area contributed by atoms with Crippen LogP contribution in [0.25, 0.3) is 0 Å². The van der Waals surface area contributed by atoms with Gasteiger partial charge in [-0.15, -0.1) is 0 Å². The number of benzene rings is 2. The molecule has 0 saturated carbocycles. The maximum Gasteiger partial charge on any atom is 0.295 e. The monoisotopic (exact) mass is 418 g/mol. The molecule has 0 heterocycles. The van der Waals surface area contributed by atoms with Crippen molar-refractivity contribution in [1.82, 2.24) is 0 Å². The van der Waals surface area contributed by atoms with Gasteiger partial charge < -0.3 is 10.4 Å². The van der Waals surface area contributed by atoms with E-state index < -0.39 is 10.7 Å². The average Bonchev–Trinajstić information content (AvgIpc) is 2.42. The SMILES string of the molecule is O=[N+]([O-])c1cccc(F)c1NCc1cc(Br)c(O)c(Br)c1. The number of hydrogen-bond acceptors (Lipinski definition) is 4. The topological polar surface area (TPSA) is 75.4 Å². The van der Waals surface area contributed by atoms with Gasteiger partial charge in [0.15, 0.2) is 5.82 Å². The van der Waals surface area contributed by atoms with Crippen molar-refractivity contribution in [1.29, 1.82) is 0 Å². The van der Waals surface area contributed by atoms with Crippen LogP contribution >= 0.6 is 31.9 Å². The quantitative estimate of drug-likeness (QED) is 0.561. The molecule has 0 amide bonds. The second-order valence-corrected chi connectivity index (χ2v) is 5.86.